The predicted molar refractivity (Wildman–Crippen MR) is 119 cm³/mol. The molecule has 0 bridgehead atoms. The summed E-state index contributed by atoms with van der Waals surface area (Å²) in [6.45, 7) is 2.18. The molecule has 0 aliphatic carbocycles. The molecule has 0 saturated carbocycles. The molecule has 1 N–H and O–H groups in total. The van der Waals surface area contributed by atoms with E-state index in [1.807, 2.05) is 0 Å². The van der Waals surface area contributed by atoms with Crippen LogP contribution in [0.5, 0.6) is 0 Å². The first kappa shape index (κ1) is 26.0. The smallest absolute Gasteiger partial charge is 0.303 e. The molecule has 0 heterocycles. The Balaban J connectivity index is 3.07. The van der Waals surface area contributed by atoms with Crippen molar-refractivity contribution in [1.29, 1.82) is 0 Å². The second-order valence-electron chi connectivity index (χ2n) is 7.82. The van der Waals surface area contributed by atoms with Crippen LogP contribution in [-0.4, -0.2) is 11.1 Å². The molecule has 0 aliphatic heterocycles. The number of rotatable bonds is 21. The van der Waals surface area contributed by atoms with Crippen LogP contribution in [0.4, 0.5) is 0 Å². The fourth-order valence-electron chi connectivity index (χ4n) is 3.39. The number of hydrogen-bond donors (Lipinski definition) is 1. The van der Waals surface area contributed by atoms with Gasteiger partial charge in [-0.15, -0.1) is 0 Å². The van der Waals surface area contributed by atoms with Gasteiger partial charge in [-0.05, 0) is 32.1 Å². The third-order valence-electron chi connectivity index (χ3n) is 5.10. The lowest BCUT2D eigenvalue weighted by Gasteiger charge is -2.03. The summed E-state index contributed by atoms with van der Waals surface area (Å²) in [6.07, 6.45) is 32.7. The molecule has 0 amide bonds. The summed E-state index contributed by atoms with van der Waals surface area (Å²) in [5, 5.41) is 8.57. The third-order valence-corrected chi connectivity index (χ3v) is 5.10. The molecule has 0 rings (SSSR count). The van der Waals surface area contributed by atoms with Gasteiger partial charge in [0.05, 0.1) is 0 Å². The topological polar surface area (TPSA) is 37.3 Å². The van der Waals surface area contributed by atoms with Crippen LogP contribution >= 0.6 is 0 Å². The summed E-state index contributed by atoms with van der Waals surface area (Å²) in [5.41, 5.74) is 0. The van der Waals surface area contributed by atoms with Crippen LogP contribution in [0.25, 0.3) is 0 Å². The average Bonchev–Trinajstić information content (AvgIpc) is 2.65. The number of carboxylic acids is 1. The molecular formula is C25H46O2. The Morgan fingerprint density at radius 2 is 1.00 bits per heavy atom. The van der Waals surface area contributed by atoms with Crippen LogP contribution in [0.2, 0.25) is 0 Å². The zero-order chi connectivity index (χ0) is 19.8. The van der Waals surface area contributed by atoms with Gasteiger partial charge >= 0.3 is 5.97 Å². The van der Waals surface area contributed by atoms with Gasteiger partial charge in [-0.2, -0.15) is 0 Å². The Labute approximate surface area is 169 Å². The van der Waals surface area contributed by atoms with Crippen molar-refractivity contribution in [2.45, 2.75) is 129 Å². The molecule has 2 heteroatoms. The van der Waals surface area contributed by atoms with E-state index in [4.69, 9.17) is 5.11 Å². The molecule has 0 radical (unpaired) electrons. The van der Waals surface area contributed by atoms with Gasteiger partial charge in [0.1, 0.15) is 0 Å². The number of carbonyl (C=O) groups is 1. The lowest BCUT2D eigenvalue weighted by molar-refractivity contribution is -0.137. The van der Waals surface area contributed by atoms with Gasteiger partial charge in [0.25, 0.3) is 0 Å². The maximum Gasteiger partial charge on any atom is 0.303 e. The zero-order valence-corrected chi connectivity index (χ0v) is 18.1. The minimum absolute atomic E-state index is 0.341. The van der Waals surface area contributed by atoms with E-state index in [0.717, 1.165) is 25.7 Å². The van der Waals surface area contributed by atoms with E-state index in [1.54, 1.807) is 0 Å². The lowest BCUT2D eigenvalue weighted by Crippen LogP contribution is -1.93. The van der Waals surface area contributed by atoms with Crippen molar-refractivity contribution >= 4 is 5.97 Å². The summed E-state index contributed by atoms with van der Waals surface area (Å²) in [6, 6.07) is 0. The van der Waals surface area contributed by atoms with E-state index in [-0.39, 0.29) is 0 Å². The third kappa shape index (κ3) is 24.9. The summed E-state index contributed by atoms with van der Waals surface area (Å²) in [5.74, 6) is -0.654. The van der Waals surface area contributed by atoms with Gasteiger partial charge < -0.3 is 5.11 Å². The largest absolute Gasteiger partial charge is 0.481 e. The first-order chi connectivity index (χ1) is 13.3. The Bertz CT molecular complexity index is 357. The van der Waals surface area contributed by atoms with Crippen molar-refractivity contribution in [3.63, 3.8) is 0 Å². The second kappa shape index (κ2) is 23.0. The number of carboxylic acid groups (broad SMARTS) is 1. The fraction of sp³-hybridized carbons (Fsp3) is 0.800. The minimum atomic E-state index is -0.654. The van der Waals surface area contributed by atoms with Gasteiger partial charge in [0, 0.05) is 6.42 Å². The monoisotopic (exact) mass is 378 g/mol. The highest BCUT2D eigenvalue weighted by Gasteiger charge is 1.97. The Hall–Kier alpha value is -1.05. The van der Waals surface area contributed by atoms with E-state index in [9.17, 15) is 4.79 Å². The van der Waals surface area contributed by atoms with Crippen LogP contribution in [0.3, 0.4) is 0 Å². The molecule has 0 spiro atoms. The van der Waals surface area contributed by atoms with E-state index in [1.165, 1.54) is 89.9 Å². The van der Waals surface area contributed by atoms with Gasteiger partial charge in [0.15, 0.2) is 0 Å². The molecule has 0 aromatic rings. The average molecular weight is 379 g/mol. The summed E-state index contributed by atoms with van der Waals surface area (Å²) < 4.78 is 0. The molecule has 2 nitrogen and oxygen atoms in total. The van der Waals surface area contributed by atoms with Crippen LogP contribution in [-0.2, 0) is 4.79 Å². The Morgan fingerprint density at radius 1 is 0.593 bits per heavy atom. The van der Waals surface area contributed by atoms with E-state index >= 15 is 0 Å². The first-order valence-electron chi connectivity index (χ1n) is 11.8. The van der Waals surface area contributed by atoms with Crippen molar-refractivity contribution < 1.29 is 9.90 Å². The van der Waals surface area contributed by atoms with Gasteiger partial charge in [0.2, 0.25) is 0 Å². The standard InChI is InChI=1S/C25H46O2/c1-2-3-4-5-6-7-8-9-10-11-12-13-14-15-16-17-18-19-20-21-22-23-24-25(26)27/h3-4,6-7H,2,5,8-24H2,1H3,(H,26,27). The maximum atomic E-state index is 10.4. The van der Waals surface area contributed by atoms with Gasteiger partial charge in [-0.1, -0.05) is 115 Å². The van der Waals surface area contributed by atoms with Crippen LogP contribution in [0, 0.1) is 0 Å². The molecule has 27 heavy (non-hydrogen) atoms. The molecular weight excluding hydrogens is 332 g/mol. The molecule has 0 aromatic carbocycles. The zero-order valence-electron chi connectivity index (χ0n) is 18.1. The van der Waals surface area contributed by atoms with Gasteiger partial charge in [-0.25, -0.2) is 0 Å². The van der Waals surface area contributed by atoms with Crippen LogP contribution in [0.15, 0.2) is 24.3 Å². The first-order valence-corrected chi connectivity index (χ1v) is 11.8. The molecule has 0 saturated heterocycles. The number of allylic oxidation sites excluding steroid dienone is 4. The quantitative estimate of drug-likeness (QED) is 0.160. The molecule has 0 unspecified atom stereocenters. The molecule has 0 fully saturated rings. The lowest BCUT2D eigenvalue weighted by atomic mass is 10.0. The summed E-state index contributed by atoms with van der Waals surface area (Å²) >= 11 is 0. The highest BCUT2D eigenvalue weighted by Crippen LogP contribution is 2.14. The van der Waals surface area contributed by atoms with Crippen LogP contribution in [0.1, 0.15) is 129 Å². The van der Waals surface area contributed by atoms with E-state index in [2.05, 4.69) is 31.2 Å². The molecule has 0 aromatic heterocycles. The Morgan fingerprint density at radius 3 is 1.44 bits per heavy atom. The number of unbranched alkanes of at least 4 members (excludes halogenated alkanes) is 15. The summed E-state index contributed by atoms with van der Waals surface area (Å²) in [4.78, 5) is 10.4. The maximum absolute atomic E-state index is 10.4. The van der Waals surface area contributed by atoms with Crippen molar-refractivity contribution in [3.05, 3.63) is 24.3 Å². The molecule has 0 aliphatic rings. The highest BCUT2D eigenvalue weighted by molar-refractivity contribution is 5.66. The van der Waals surface area contributed by atoms with E-state index < -0.39 is 5.97 Å². The van der Waals surface area contributed by atoms with Crippen molar-refractivity contribution in [2.24, 2.45) is 0 Å². The number of aliphatic carboxylic acids is 1. The van der Waals surface area contributed by atoms with Crippen molar-refractivity contribution in [2.75, 3.05) is 0 Å². The predicted octanol–water partition coefficient (Wildman–Crippen LogP) is 8.62. The minimum Gasteiger partial charge on any atom is -0.481 e. The molecule has 158 valence electrons. The Kier molecular flexibility index (Phi) is 22.1. The summed E-state index contributed by atoms with van der Waals surface area (Å²) in [7, 11) is 0. The van der Waals surface area contributed by atoms with Crippen LogP contribution < -0.4 is 0 Å². The number of hydrogen-bond acceptors (Lipinski definition) is 1. The second-order valence-corrected chi connectivity index (χ2v) is 7.82. The van der Waals surface area contributed by atoms with E-state index in [0.29, 0.717) is 6.42 Å². The SMILES string of the molecule is CCC=CCC=CCCCCCCCCCCCCCCCCCC(=O)O. The van der Waals surface area contributed by atoms with Gasteiger partial charge in [-0.3, -0.25) is 4.79 Å². The highest BCUT2D eigenvalue weighted by atomic mass is 16.4. The fourth-order valence-corrected chi connectivity index (χ4v) is 3.39. The molecule has 0 atom stereocenters. The normalized spacial score (nSPS) is 11.7. The van der Waals surface area contributed by atoms with Crippen molar-refractivity contribution in [3.8, 4) is 0 Å². The van der Waals surface area contributed by atoms with Crippen molar-refractivity contribution in [1.82, 2.24) is 0 Å².